The molecule has 5 rings (SSSR count). The van der Waals surface area contributed by atoms with E-state index in [4.69, 9.17) is 11.6 Å². The summed E-state index contributed by atoms with van der Waals surface area (Å²) in [5, 5.41) is 4.13. The first-order valence-corrected chi connectivity index (χ1v) is 8.87. The summed E-state index contributed by atoms with van der Waals surface area (Å²) in [5.74, 6) is 1.49. The smallest absolute Gasteiger partial charge is 0.227 e. The lowest BCUT2D eigenvalue weighted by molar-refractivity contribution is 0.829. The molecule has 1 N–H and O–H groups in total. The molecular weight excluding hydrogens is 346 g/mol. The Hall–Kier alpha value is -2.92. The topological polar surface area (TPSA) is 53.4 Å². The highest BCUT2D eigenvalue weighted by atomic mass is 35.5. The van der Waals surface area contributed by atoms with Crippen molar-refractivity contribution in [3.63, 3.8) is 0 Å². The van der Waals surface area contributed by atoms with Crippen LogP contribution in [0.1, 0.15) is 22.3 Å². The maximum absolute atomic E-state index is 6.10. The fourth-order valence-electron chi connectivity index (χ4n) is 3.40. The van der Waals surface area contributed by atoms with Crippen LogP contribution >= 0.6 is 11.6 Å². The molecule has 1 aromatic heterocycles. The molecule has 2 aromatic carbocycles. The van der Waals surface area contributed by atoms with Crippen molar-refractivity contribution < 1.29 is 0 Å². The fourth-order valence-corrected chi connectivity index (χ4v) is 3.60. The molecule has 0 unspecified atom stereocenters. The molecule has 3 heterocycles. The van der Waals surface area contributed by atoms with Crippen LogP contribution in [0.5, 0.6) is 0 Å². The molecule has 0 atom stereocenters. The largest absolute Gasteiger partial charge is 0.340 e. The van der Waals surface area contributed by atoms with Crippen molar-refractivity contribution in [3.05, 3.63) is 75.9 Å². The van der Waals surface area contributed by atoms with Gasteiger partial charge < -0.3 is 10.2 Å². The molecule has 26 heavy (non-hydrogen) atoms. The highest BCUT2D eigenvalue weighted by Gasteiger charge is 2.21. The SMILES string of the molecule is Clc1ccc2c(c1)CN(c1nccc(Nc3ccc4c(c3)C=NC4)n1)C2. The minimum atomic E-state index is 0.713. The number of nitrogens with one attached hydrogen (secondary N) is 1. The Morgan fingerprint density at radius 3 is 2.81 bits per heavy atom. The number of anilines is 3. The quantitative estimate of drug-likeness (QED) is 0.754. The summed E-state index contributed by atoms with van der Waals surface area (Å²) in [6, 6.07) is 14.2. The van der Waals surface area contributed by atoms with Crippen LogP contribution in [0.2, 0.25) is 5.02 Å². The molecule has 0 fully saturated rings. The van der Waals surface area contributed by atoms with E-state index in [2.05, 4.69) is 49.4 Å². The molecule has 6 heteroatoms. The summed E-state index contributed by atoms with van der Waals surface area (Å²) < 4.78 is 0. The molecule has 0 spiro atoms. The number of aromatic nitrogens is 2. The predicted octanol–water partition coefficient (Wildman–Crippen LogP) is 4.33. The molecule has 0 saturated heterocycles. The zero-order chi connectivity index (χ0) is 17.5. The third-order valence-corrected chi connectivity index (χ3v) is 4.96. The zero-order valence-electron chi connectivity index (χ0n) is 14.0. The Morgan fingerprint density at radius 1 is 0.962 bits per heavy atom. The molecule has 0 saturated carbocycles. The van der Waals surface area contributed by atoms with Crippen LogP contribution in [-0.2, 0) is 19.6 Å². The van der Waals surface area contributed by atoms with Crippen LogP contribution in [0.4, 0.5) is 17.5 Å². The molecule has 0 amide bonds. The number of rotatable bonds is 3. The van der Waals surface area contributed by atoms with Gasteiger partial charge in [-0.3, -0.25) is 4.99 Å². The third kappa shape index (κ3) is 2.80. The molecule has 5 nitrogen and oxygen atoms in total. The van der Waals surface area contributed by atoms with Crippen LogP contribution < -0.4 is 10.2 Å². The number of hydrogen-bond acceptors (Lipinski definition) is 5. The van der Waals surface area contributed by atoms with Gasteiger partial charge >= 0.3 is 0 Å². The van der Waals surface area contributed by atoms with Gasteiger partial charge in [0.15, 0.2) is 0 Å². The highest BCUT2D eigenvalue weighted by molar-refractivity contribution is 6.30. The Balaban J connectivity index is 1.37. The maximum Gasteiger partial charge on any atom is 0.227 e. The van der Waals surface area contributed by atoms with Crippen molar-refractivity contribution in [2.24, 2.45) is 4.99 Å². The van der Waals surface area contributed by atoms with Gasteiger partial charge in [-0.25, -0.2) is 4.98 Å². The molecule has 2 aliphatic heterocycles. The van der Waals surface area contributed by atoms with Gasteiger partial charge in [0.1, 0.15) is 5.82 Å². The van der Waals surface area contributed by atoms with Gasteiger partial charge in [-0.2, -0.15) is 4.98 Å². The summed E-state index contributed by atoms with van der Waals surface area (Å²) in [4.78, 5) is 15.6. The van der Waals surface area contributed by atoms with E-state index in [1.165, 1.54) is 16.7 Å². The van der Waals surface area contributed by atoms with E-state index in [-0.39, 0.29) is 0 Å². The molecule has 0 radical (unpaired) electrons. The standard InChI is InChI=1S/C20H16ClN5/c21-17-3-1-14-11-26(12-16(14)7-17)20-23-6-5-19(25-20)24-18-4-2-13-9-22-10-15(13)8-18/h1-8,10H,9,11-12H2,(H,23,24,25). The van der Waals surface area contributed by atoms with Crippen LogP contribution in [0.3, 0.4) is 0 Å². The molecule has 2 aliphatic rings. The number of fused-ring (bicyclic) bond motifs is 2. The second kappa shape index (κ2) is 6.11. The number of benzene rings is 2. The van der Waals surface area contributed by atoms with Crippen molar-refractivity contribution in [2.75, 3.05) is 10.2 Å². The van der Waals surface area contributed by atoms with Crippen molar-refractivity contribution in [3.8, 4) is 0 Å². The minimum absolute atomic E-state index is 0.713. The second-order valence-corrected chi connectivity index (χ2v) is 6.96. The normalized spacial score (nSPS) is 14.4. The van der Waals surface area contributed by atoms with Gasteiger partial charge in [-0.1, -0.05) is 23.7 Å². The monoisotopic (exact) mass is 361 g/mol. The third-order valence-electron chi connectivity index (χ3n) is 4.73. The molecule has 0 bridgehead atoms. The lowest BCUT2D eigenvalue weighted by atomic mass is 10.1. The second-order valence-electron chi connectivity index (χ2n) is 6.52. The van der Waals surface area contributed by atoms with Gasteiger partial charge in [-0.15, -0.1) is 0 Å². The van der Waals surface area contributed by atoms with E-state index in [0.717, 1.165) is 41.7 Å². The van der Waals surface area contributed by atoms with Crippen molar-refractivity contribution in [2.45, 2.75) is 19.6 Å². The molecular formula is C20H16ClN5. The van der Waals surface area contributed by atoms with Gasteiger partial charge in [0.25, 0.3) is 0 Å². The highest BCUT2D eigenvalue weighted by Crippen LogP contribution is 2.29. The minimum Gasteiger partial charge on any atom is -0.340 e. The fraction of sp³-hybridized carbons (Fsp3) is 0.150. The van der Waals surface area contributed by atoms with Crippen LogP contribution in [0.25, 0.3) is 0 Å². The number of nitrogens with zero attached hydrogens (tertiary/aromatic N) is 4. The van der Waals surface area contributed by atoms with Gasteiger partial charge in [-0.05, 0) is 52.6 Å². The Bertz CT molecular complexity index is 1030. The van der Waals surface area contributed by atoms with Gasteiger partial charge in [0.05, 0.1) is 6.54 Å². The Morgan fingerprint density at radius 2 is 1.85 bits per heavy atom. The van der Waals surface area contributed by atoms with Crippen LogP contribution in [0.15, 0.2) is 53.7 Å². The van der Waals surface area contributed by atoms with E-state index in [1.54, 1.807) is 6.20 Å². The Kier molecular flexibility index (Phi) is 3.60. The van der Waals surface area contributed by atoms with E-state index in [9.17, 15) is 0 Å². The predicted molar refractivity (Wildman–Crippen MR) is 104 cm³/mol. The summed E-state index contributed by atoms with van der Waals surface area (Å²) in [6.45, 7) is 2.34. The number of halogens is 1. The van der Waals surface area contributed by atoms with E-state index in [0.29, 0.717) is 5.95 Å². The van der Waals surface area contributed by atoms with Crippen LogP contribution in [-0.4, -0.2) is 16.2 Å². The number of hydrogen-bond donors (Lipinski definition) is 1. The van der Waals surface area contributed by atoms with E-state index in [1.807, 2.05) is 24.4 Å². The summed E-state index contributed by atoms with van der Waals surface area (Å²) in [6.07, 6.45) is 3.70. The first-order chi connectivity index (χ1) is 12.7. The average Bonchev–Trinajstić information content (AvgIpc) is 3.27. The van der Waals surface area contributed by atoms with E-state index < -0.39 is 0 Å². The van der Waals surface area contributed by atoms with Crippen molar-refractivity contribution >= 4 is 35.3 Å². The van der Waals surface area contributed by atoms with Gasteiger partial charge in [0, 0.05) is 36.2 Å². The maximum atomic E-state index is 6.10. The average molecular weight is 362 g/mol. The first kappa shape index (κ1) is 15.3. The first-order valence-electron chi connectivity index (χ1n) is 8.50. The molecule has 0 aliphatic carbocycles. The zero-order valence-corrected chi connectivity index (χ0v) is 14.7. The van der Waals surface area contributed by atoms with E-state index >= 15 is 0 Å². The number of aliphatic imine (C=N–C) groups is 1. The summed E-state index contributed by atoms with van der Waals surface area (Å²) in [7, 11) is 0. The molecule has 128 valence electrons. The lowest BCUT2D eigenvalue weighted by Crippen LogP contribution is -2.17. The van der Waals surface area contributed by atoms with Crippen LogP contribution in [0, 0.1) is 0 Å². The lowest BCUT2D eigenvalue weighted by Gasteiger charge is -2.16. The summed E-state index contributed by atoms with van der Waals surface area (Å²) >= 11 is 6.10. The summed E-state index contributed by atoms with van der Waals surface area (Å²) in [5.41, 5.74) is 5.92. The Labute approximate surface area is 156 Å². The van der Waals surface area contributed by atoms with Crippen molar-refractivity contribution in [1.82, 2.24) is 9.97 Å². The molecule has 3 aromatic rings. The van der Waals surface area contributed by atoms with Crippen molar-refractivity contribution in [1.29, 1.82) is 0 Å². The van der Waals surface area contributed by atoms with Gasteiger partial charge in [0.2, 0.25) is 5.95 Å².